The highest BCUT2D eigenvalue weighted by Gasteiger charge is 2.45. The van der Waals surface area contributed by atoms with Crippen LogP contribution in [-0.2, 0) is 28.7 Å². The Hall–Kier alpha value is -1.57. The zero-order chi connectivity index (χ0) is 16.7. The van der Waals surface area contributed by atoms with Gasteiger partial charge in [0.1, 0.15) is 11.8 Å². The summed E-state index contributed by atoms with van der Waals surface area (Å²) in [4.78, 5) is 45.9. The predicted octanol–water partition coefficient (Wildman–Crippen LogP) is 0.166. The number of esters is 2. The van der Waals surface area contributed by atoms with Crippen LogP contribution in [0.25, 0.3) is 0 Å². The Labute approximate surface area is 133 Å². The summed E-state index contributed by atoms with van der Waals surface area (Å²) >= 11 is 1.33. The molecule has 7 nitrogen and oxygen atoms in total. The van der Waals surface area contributed by atoms with Crippen LogP contribution < -0.4 is 5.32 Å². The average molecular weight is 331 g/mol. The molecule has 0 aromatic heterocycles. The number of nitrogens with one attached hydrogen (secondary N) is 1. The number of thioether (sulfide) groups is 1. The van der Waals surface area contributed by atoms with Gasteiger partial charge in [0.05, 0.1) is 19.6 Å². The lowest BCUT2D eigenvalue weighted by Gasteiger charge is -2.32. The van der Waals surface area contributed by atoms with Gasteiger partial charge in [-0.1, -0.05) is 0 Å². The van der Waals surface area contributed by atoms with E-state index in [1.54, 1.807) is 6.92 Å². The number of amides is 1. The number of ketones is 1. The van der Waals surface area contributed by atoms with Gasteiger partial charge in [-0.05, 0) is 6.92 Å². The van der Waals surface area contributed by atoms with Gasteiger partial charge in [-0.3, -0.25) is 14.4 Å². The topological polar surface area (TPSA) is 98.8 Å². The van der Waals surface area contributed by atoms with Crippen LogP contribution in [0.4, 0.5) is 0 Å². The first-order valence-corrected chi connectivity index (χ1v) is 8.18. The van der Waals surface area contributed by atoms with Crippen LogP contribution in [0.2, 0.25) is 0 Å². The van der Waals surface area contributed by atoms with Gasteiger partial charge in [-0.25, -0.2) is 4.79 Å². The molecule has 0 aromatic rings. The highest BCUT2D eigenvalue weighted by molar-refractivity contribution is 7.99. The van der Waals surface area contributed by atoms with E-state index in [0.717, 1.165) is 0 Å². The molecule has 1 fully saturated rings. The summed E-state index contributed by atoms with van der Waals surface area (Å²) in [6, 6.07) is -0.760. The molecule has 3 atom stereocenters. The van der Waals surface area contributed by atoms with Crippen LogP contribution in [0.3, 0.4) is 0 Å². The molecule has 0 aromatic carbocycles. The third kappa shape index (κ3) is 5.01. The highest BCUT2D eigenvalue weighted by atomic mass is 32.2. The van der Waals surface area contributed by atoms with Gasteiger partial charge in [-0.2, -0.15) is 11.8 Å². The van der Waals surface area contributed by atoms with Crippen molar-refractivity contribution in [2.24, 2.45) is 11.8 Å². The van der Waals surface area contributed by atoms with Gasteiger partial charge in [-0.15, -0.1) is 0 Å². The number of methoxy groups -OCH3 is 1. The van der Waals surface area contributed by atoms with Gasteiger partial charge in [0.2, 0.25) is 5.91 Å². The van der Waals surface area contributed by atoms with Crippen molar-refractivity contribution in [1.82, 2.24) is 5.32 Å². The molecule has 22 heavy (non-hydrogen) atoms. The average Bonchev–Trinajstić information content (AvgIpc) is 2.46. The summed E-state index contributed by atoms with van der Waals surface area (Å²) < 4.78 is 9.54. The fraction of sp³-hybridized carbons (Fsp3) is 0.714. The Morgan fingerprint density at radius 3 is 2.59 bits per heavy atom. The van der Waals surface area contributed by atoms with Crippen LogP contribution in [0.1, 0.15) is 20.3 Å². The van der Waals surface area contributed by atoms with Crippen LogP contribution in [0.5, 0.6) is 0 Å². The molecule has 1 rings (SSSR count). The molecule has 1 amide bonds. The van der Waals surface area contributed by atoms with Crippen molar-refractivity contribution in [3.8, 4) is 0 Å². The minimum absolute atomic E-state index is 0.0275. The lowest BCUT2D eigenvalue weighted by molar-refractivity contribution is -0.159. The van der Waals surface area contributed by atoms with E-state index >= 15 is 0 Å². The van der Waals surface area contributed by atoms with E-state index in [1.807, 2.05) is 0 Å². The summed E-state index contributed by atoms with van der Waals surface area (Å²) in [5.74, 6) is -1.26. The monoisotopic (exact) mass is 331 g/mol. The lowest BCUT2D eigenvalue weighted by Crippen LogP contribution is -2.45. The van der Waals surface area contributed by atoms with Crippen molar-refractivity contribution < 1.29 is 28.7 Å². The molecule has 1 saturated carbocycles. The van der Waals surface area contributed by atoms with E-state index in [2.05, 4.69) is 10.1 Å². The first-order valence-electron chi connectivity index (χ1n) is 7.02. The lowest BCUT2D eigenvalue weighted by atomic mass is 9.73. The third-order valence-electron chi connectivity index (χ3n) is 3.35. The molecule has 1 aliphatic carbocycles. The van der Waals surface area contributed by atoms with Crippen molar-refractivity contribution in [1.29, 1.82) is 0 Å². The van der Waals surface area contributed by atoms with E-state index in [4.69, 9.17) is 4.74 Å². The maximum Gasteiger partial charge on any atom is 0.329 e. The minimum Gasteiger partial charge on any atom is -0.467 e. The number of rotatable bonds is 8. The summed E-state index contributed by atoms with van der Waals surface area (Å²) in [7, 11) is 1.24. The summed E-state index contributed by atoms with van der Waals surface area (Å²) in [6.07, 6.45) is 0.218. The van der Waals surface area contributed by atoms with Gasteiger partial charge in [0.15, 0.2) is 0 Å². The summed E-state index contributed by atoms with van der Waals surface area (Å²) in [5.41, 5.74) is 0. The number of hydrogen-bond donors (Lipinski definition) is 1. The van der Waals surface area contributed by atoms with E-state index in [-0.39, 0.29) is 42.4 Å². The molecule has 0 saturated heterocycles. The molecule has 2 unspecified atom stereocenters. The number of ether oxygens (including phenoxy) is 2. The van der Waals surface area contributed by atoms with E-state index in [1.165, 1.54) is 25.8 Å². The van der Waals surface area contributed by atoms with Crippen LogP contribution in [0, 0.1) is 11.8 Å². The second-order valence-corrected chi connectivity index (χ2v) is 6.02. The molecular weight excluding hydrogens is 310 g/mol. The number of carbonyl (C=O) groups is 4. The number of hydrogen-bond acceptors (Lipinski definition) is 7. The first kappa shape index (κ1) is 18.5. The normalized spacial score (nSPS) is 21.5. The van der Waals surface area contributed by atoms with Crippen molar-refractivity contribution >= 4 is 35.4 Å². The van der Waals surface area contributed by atoms with Gasteiger partial charge >= 0.3 is 11.9 Å². The Morgan fingerprint density at radius 2 is 2.09 bits per heavy atom. The fourth-order valence-electron chi connectivity index (χ4n) is 2.15. The Balaban J connectivity index is 2.46. The van der Waals surface area contributed by atoms with Crippen molar-refractivity contribution in [3.05, 3.63) is 0 Å². The molecule has 0 radical (unpaired) electrons. The number of carbonyl (C=O) groups excluding carboxylic acids is 4. The van der Waals surface area contributed by atoms with E-state index in [9.17, 15) is 19.2 Å². The molecule has 1 N–H and O–H groups in total. The molecule has 0 bridgehead atoms. The first-order chi connectivity index (χ1) is 10.4. The van der Waals surface area contributed by atoms with Crippen molar-refractivity contribution in [2.45, 2.75) is 26.3 Å². The summed E-state index contributed by atoms with van der Waals surface area (Å²) in [6.45, 7) is 3.32. The zero-order valence-corrected chi connectivity index (χ0v) is 13.7. The quantitative estimate of drug-likeness (QED) is 0.633. The number of Topliss-reactive ketones (excluding diaryl/α,β-unsaturated/α-hetero) is 1. The van der Waals surface area contributed by atoms with Gasteiger partial charge < -0.3 is 14.8 Å². The maximum absolute atomic E-state index is 11.7. The van der Waals surface area contributed by atoms with Crippen LogP contribution >= 0.6 is 11.8 Å². The molecular formula is C14H21NO6S. The Morgan fingerprint density at radius 1 is 1.41 bits per heavy atom. The molecule has 0 spiro atoms. The SMILES string of the molecule is CCOC(=O)C1CC(=O)C1CSC[C@@H](NC(C)=O)C(=O)OC. The molecule has 8 heteroatoms. The van der Waals surface area contributed by atoms with E-state index in [0.29, 0.717) is 5.75 Å². The maximum atomic E-state index is 11.7. The molecule has 124 valence electrons. The standard InChI is InChI=1S/C14H21NO6S/c1-4-21-13(18)9-5-12(17)10(9)6-22-7-11(14(19)20-3)15-8(2)16/h9-11H,4-7H2,1-3H3,(H,15,16)/t9?,10?,11-/m1/s1. The Kier molecular flexibility index (Phi) is 7.37. The predicted molar refractivity (Wildman–Crippen MR) is 80.2 cm³/mol. The largest absolute Gasteiger partial charge is 0.467 e. The Bertz CT molecular complexity index is 453. The molecule has 1 aliphatic rings. The molecule has 0 heterocycles. The summed E-state index contributed by atoms with van der Waals surface area (Å²) in [5, 5.41) is 2.49. The van der Waals surface area contributed by atoms with Crippen molar-refractivity contribution in [3.63, 3.8) is 0 Å². The van der Waals surface area contributed by atoms with Gasteiger partial charge in [0.25, 0.3) is 0 Å². The zero-order valence-electron chi connectivity index (χ0n) is 12.9. The third-order valence-corrected chi connectivity index (χ3v) is 4.52. The fourth-order valence-corrected chi connectivity index (χ4v) is 3.41. The smallest absolute Gasteiger partial charge is 0.329 e. The van der Waals surface area contributed by atoms with Crippen LogP contribution in [-0.4, -0.2) is 54.9 Å². The van der Waals surface area contributed by atoms with E-state index < -0.39 is 17.9 Å². The van der Waals surface area contributed by atoms with Gasteiger partial charge in [0, 0.05) is 30.8 Å². The minimum atomic E-state index is -0.760. The van der Waals surface area contributed by atoms with Crippen LogP contribution in [0.15, 0.2) is 0 Å². The second kappa shape index (κ2) is 8.77. The highest BCUT2D eigenvalue weighted by Crippen LogP contribution is 2.34. The van der Waals surface area contributed by atoms with Crippen molar-refractivity contribution in [2.75, 3.05) is 25.2 Å². The molecule has 0 aliphatic heterocycles. The second-order valence-electron chi connectivity index (χ2n) is 4.95.